The number of hydrogen-bond acceptors (Lipinski definition) is 7. The Bertz CT molecular complexity index is 1290. The van der Waals surface area contributed by atoms with Gasteiger partial charge in [0.2, 0.25) is 0 Å². The van der Waals surface area contributed by atoms with Crippen LogP contribution in [0.4, 0.5) is 0 Å². The van der Waals surface area contributed by atoms with Crippen LogP contribution in [-0.4, -0.2) is 59.6 Å². The molecule has 2 aromatic heterocycles. The second-order valence-corrected chi connectivity index (χ2v) is 10.6. The molecule has 3 heterocycles. The zero-order valence-electron chi connectivity index (χ0n) is 23.1. The molecule has 2 N–H and O–H groups in total. The Morgan fingerprint density at radius 2 is 2.00 bits per heavy atom. The predicted octanol–water partition coefficient (Wildman–Crippen LogP) is 3.82. The molecule has 2 atom stereocenters. The fourth-order valence-corrected chi connectivity index (χ4v) is 4.96. The number of nitrogens with zero attached hydrogens (tertiary/aromatic N) is 2. The van der Waals surface area contributed by atoms with Gasteiger partial charge in [0.05, 0.1) is 17.6 Å². The molecule has 1 fully saturated rings. The molecule has 4 rings (SSSR count). The molecule has 9 nitrogen and oxygen atoms in total. The standard InChI is InChI=1S/C29H40N4O5/c1-18(2)26(29(35)38-20(4)17-36-5)30-14-22-6-7-25-24(13-22)32-27(23-12-19(3)28(34)31-15-23)33(25)16-21-8-10-37-11-9-21/h6-7,12-13,15,18,20-21,26,30H,8-11,14,16-17H2,1-5H3,(H,31,34)/t20?,26-/m0/s1. The number of fused-ring (bicyclic) bond motifs is 1. The van der Waals surface area contributed by atoms with Gasteiger partial charge in [-0.1, -0.05) is 19.9 Å². The lowest BCUT2D eigenvalue weighted by molar-refractivity contribution is -0.154. The van der Waals surface area contributed by atoms with Crippen molar-refractivity contribution in [3.05, 3.63) is 51.9 Å². The number of rotatable bonds is 11. The summed E-state index contributed by atoms with van der Waals surface area (Å²) in [5, 5.41) is 3.38. The number of esters is 1. The number of hydrogen-bond donors (Lipinski definition) is 2. The second kappa shape index (κ2) is 12.7. The number of H-pyrrole nitrogens is 1. The van der Waals surface area contributed by atoms with E-state index in [0.717, 1.165) is 60.6 Å². The number of methoxy groups -OCH3 is 1. The zero-order chi connectivity index (χ0) is 27.2. The number of carbonyl (C=O) groups is 1. The van der Waals surface area contributed by atoms with Crippen LogP contribution in [0.5, 0.6) is 0 Å². The molecule has 3 aromatic rings. The van der Waals surface area contributed by atoms with E-state index in [1.165, 1.54) is 0 Å². The van der Waals surface area contributed by atoms with E-state index in [4.69, 9.17) is 19.2 Å². The summed E-state index contributed by atoms with van der Waals surface area (Å²) in [5.41, 5.74) is 4.41. The highest BCUT2D eigenvalue weighted by Crippen LogP contribution is 2.28. The Morgan fingerprint density at radius 1 is 1.24 bits per heavy atom. The quantitative estimate of drug-likeness (QED) is 0.367. The van der Waals surface area contributed by atoms with Gasteiger partial charge in [0.1, 0.15) is 18.0 Å². The van der Waals surface area contributed by atoms with Crippen molar-refractivity contribution >= 4 is 17.0 Å². The van der Waals surface area contributed by atoms with E-state index in [0.29, 0.717) is 24.6 Å². The highest BCUT2D eigenvalue weighted by atomic mass is 16.6. The number of carbonyl (C=O) groups excluding carboxylic acids is 1. The third-order valence-electron chi connectivity index (χ3n) is 7.11. The molecule has 38 heavy (non-hydrogen) atoms. The maximum Gasteiger partial charge on any atom is 0.323 e. The number of pyridine rings is 1. The highest BCUT2D eigenvalue weighted by molar-refractivity contribution is 5.81. The van der Waals surface area contributed by atoms with Gasteiger partial charge in [-0.3, -0.25) is 9.59 Å². The van der Waals surface area contributed by atoms with Crippen molar-refractivity contribution in [1.29, 1.82) is 0 Å². The van der Waals surface area contributed by atoms with E-state index in [-0.39, 0.29) is 23.6 Å². The molecule has 206 valence electrons. The Morgan fingerprint density at radius 3 is 2.68 bits per heavy atom. The van der Waals surface area contributed by atoms with Gasteiger partial charge in [-0.25, -0.2) is 4.98 Å². The molecule has 0 bridgehead atoms. The minimum Gasteiger partial charge on any atom is -0.459 e. The first-order valence-corrected chi connectivity index (χ1v) is 13.5. The molecule has 0 aliphatic carbocycles. The van der Waals surface area contributed by atoms with Crippen LogP contribution < -0.4 is 10.9 Å². The lowest BCUT2D eigenvalue weighted by atomic mass is 10.00. The van der Waals surface area contributed by atoms with Crippen LogP contribution >= 0.6 is 0 Å². The maximum atomic E-state index is 12.8. The summed E-state index contributed by atoms with van der Waals surface area (Å²) >= 11 is 0. The number of imidazole rings is 1. The largest absolute Gasteiger partial charge is 0.459 e. The molecule has 0 amide bonds. The van der Waals surface area contributed by atoms with Gasteiger partial charge < -0.3 is 29.1 Å². The van der Waals surface area contributed by atoms with Crippen LogP contribution in [0.2, 0.25) is 0 Å². The van der Waals surface area contributed by atoms with Crippen molar-refractivity contribution in [3.63, 3.8) is 0 Å². The Hall–Kier alpha value is -3.01. The first-order chi connectivity index (χ1) is 18.3. The van der Waals surface area contributed by atoms with Crippen LogP contribution in [0, 0.1) is 18.8 Å². The van der Waals surface area contributed by atoms with E-state index in [9.17, 15) is 9.59 Å². The Balaban J connectivity index is 1.60. The van der Waals surface area contributed by atoms with Gasteiger partial charge in [-0.05, 0) is 62.3 Å². The summed E-state index contributed by atoms with van der Waals surface area (Å²) in [6.07, 6.45) is 3.47. The monoisotopic (exact) mass is 524 g/mol. The van der Waals surface area contributed by atoms with Crippen LogP contribution in [-0.2, 0) is 32.1 Å². The summed E-state index contributed by atoms with van der Waals surface area (Å²) in [7, 11) is 1.59. The lowest BCUT2D eigenvalue weighted by Crippen LogP contribution is -2.43. The zero-order valence-corrected chi connectivity index (χ0v) is 23.1. The van der Waals surface area contributed by atoms with Crippen molar-refractivity contribution in [2.75, 3.05) is 26.9 Å². The summed E-state index contributed by atoms with van der Waals surface area (Å²) in [4.78, 5) is 32.6. The minimum absolute atomic E-state index is 0.0646. The van der Waals surface area contributed by atoms with Gasteiger partial charge in [-0.15, -0.1) is 0 Å². The van der Waals surface area contributed by atoms with E-state index < -0.39 is 6.04 Å². The summed E-state index contributed by atoms with van der Waals surface area (Å²) in [6, 6.07) is 7.71. The Kier molecular flexibility index (Phi) is 9.35. The van der Waals surface area contributed by atoms with Crippen molar-refractivity contribution in [2.24, 2.45) is 11.8 Å². The molecule has 0 saturated carbocycles. The topological polar surface area (TPSA) is 107 Å². The molecule has 0 spiro atoms. The fourth-order valence-electron chi connectivity index (χ4n) is 4.96. The van der Waals surface area contributed by atoms with Crippen molar-refractivity contribution in [2.45, 2.75) is 65.8 Å². The second-order valence-electron chi connectivity index (χ2n) is 10.6. The minimum atomic E-state index is -0.434. The SMILES string of the molecule is COCC(C)OC(=O)[C@@H](NCc1ccc2c(c1)nc(-c1c[nH]c(=O)c(C)c1)n2CC1CCOCC1)C(C)C. The number of aromatic nitrogens is 3. The van der Waals surface area contributed by atoms with Gasteiger partial charge in [0.25, 0.3) is 5.56 Å². The van der Waals surface area contributed by atoms with Crippen molar-refractivity contribution in [1.82, 2.24) is 19.9 Å². The van der Waals surface area contributed by atoms with Gasteiger partial charge in [0.15, 0.2) is 0 Å². The van der Waals surface area contributed by atoms with Crippen LogP contribution in [0.25, 0.3) is 22.4 Å². The fraction of sp³-hybridized carbons (Fsp3) is 0.552. The average Bonchev–Trinajstić information content (AvgIpc) is 3.23. The van der Waals surface area contributed by atoms with E-state index in [2.05, 4.69) is 33.1 Å². The van der Waals surface area contributed by atoms with Crippen molar-refractivity contribution < 1.29 is 19.0 Å². The number of aromatic amines is 1. The highest BCUT2D eigenvalue weighted by Gasteiger charge is 2.25. The van der Waals surface area contributed by atoms with E-state index >= 15 is 0 Å². The number of ether oxygens (including phenoxy) is 3. The smallest absolute Gasteiger partial charge is 0.323 e. The van der Waals surface area contributed by atoms with Crippen molar-refractivity contribution in [3.8, 4) is 11.4 Å². The molecule has 1 unspecified atom stereocenters. The number of nitrogens with one attached hydrogen (secondary N) is 2. The molecule has 9 heteroatoms. The average molecular weight is 525 g/mol. The predicted molar refractivity (Wildman–Crippen MR) is 147 cm³/mol. The first kappa shape index (κ1) is 28.0. The summed E-state index contributed by atoms with van der Waals surface area (Å²) < 4.78 is 18.5. The molecule has 1 aliphatic heterocycles. The lowest BCUT2D eigenvalue weighted by Gasteiger charge is -2.24. The molecule has 1 aromatic carbocycles. The van der Waals surface area contributed by atoms with E-state index in [1.807, 2.05) is 33.8 Å². The molecule has 1 aliphatic rings. The van der Waals surface area contributed by atoms with Gasteiger partial charge in [-0.2, -0.15) is 0 Å². The van der Waals surface area contributed by atoms with Gasteiger partial charge >= 0.3 is 5.97 Å². The van der Waals surface area contributed by atoms with E-state index in [1.54, 1.807) is 13.3 Å². The normalized spacial score (nSPS) is 16.2. The van der Waals surface area contributed by atoms with Crippen LogP contribution in [0.1, 0.15) is 44.7 Å². The van der Waals surface area contributed by atoms with Gasteiger partial charge in [0, 0.05) is 50.7 Å². The molecular formula is C29H40N4O5. The number of aryl methyl sites for hydroxylation is 1. The molecule has 0 radical (unpaired) electrons. The summed E-state index contributed by atoms with van der Waals surface area (Å²) in [5.74, 6) is 1.13. The van der Waals surface area contributed by atoms with Crippen LogP contribution in [0.15, 0.2) is 35.3 Å². The van der Waals surface area contributed by atoms with Crippen LogP contribution in [0.3, 0.4) is 0 Å². The molecule has 1 saturated heterocycles. The Labute approximate surface area is 223 Å². The third kappa shape index (κ3) is 6.70. The molecular weight excluding hydrogens is 484 g/mol. The number of benzene rings is 1. The third-order valence-corrected chi connectivity index (χ3v) is 7.11. The summed E-state index contributed by atoms with van der Waals surface area (Å²) in [6.45, 7) is 10.9. The maximum absolute atomic E-state index is 12.8. The first-order valence-electron chi connectivity index (χ1n) is 13.5.